The van der Waals surface area contributed by atoms with Crippen LogP contribution >= 0.6 is 0 Å². The molecule has 1 fully saturated rings. The quantitative estimate of drug-likeness (QED) is 0.797. The van der Waals surface area contributed by atoms with Gasteiger partial charge in [0.25, 0.3) is 0 Å². The normalized spacial score (nSPS) is 14.6. The Bertz CT molecular complexity index is 542. The second kappa shape index (κ2) is 4.43. The Balaban J connectivity index is 0.000000514. The second-order valence-electron chi connectivity index (χ2n) is 4.09. The average Bonchev–Trinajstić information content (AvgIpc) is 3.11. The topological polar surface area (TPSA) is 28.7 Å². The number of rotatable bonds is 1. The first kappa shape index (κ1) is 12.0. The Hall–Kier alpha value is -1.45. The van der Waals surface area contributed by atoms with Crippen LogP contribution in [-0.2, 0) is 0 Å². The van der Waals surface area contributed by atoms with Gasteiger partial charge in [0.1, 0.15) is 17.2 Å². The number of halogens is 2. The lowest BCUT2D eigenvalue weighted by atomic mass is 10.2. The molecule has 1 N–H and O–H groups in total. The van der Waals surface area contributed by atoms with Crippen molar-refractivity contribution in [3.8, 4) is 0 Å². The number of imidazole rings is 1. The summed E-state index contributed by atoms with van der Waals surface area (Å²) in [5, 5.41) is 0. The first-order chi connectivity index (χ1) is 8.16. The molecule has 1 aliphatic rings. The summed E-state index contributed by atoms with van der Waals surface area (Å²) < 4.78 is 26.9. The predicted octanol–water partition coefficient (Wildman–Crippen LogP) is 4.05. The van der Waals surface area contributed by atoms with E-state index in [-0.39, 0.29) is 11.1 Å². The zero-order chi connectivity index (χ0) is 12.6. The van der Waals surface area contributed by atoms with Crippen LogP contribution in [0.1, 0.15) is 44.0 Å². The molecule has 2 nitrogen and oxygen atoms in total. The van der Waals surface area contributed by atoms with Crippen LogP contribution in [-0.4, -0.2) is 9.97 Å². The van der Waals surface area contributed by atoms with Crippen LogP contribution in [0.4, 0.5) is 8.78 Å². The SMILES string of the molecule is CC.Cc1c(F)cc2[nH]c(C3CC3)nc2c1F. The zero-order valence-electron chi connectivity index (χ0n) is 10.3. The van der Waals surface area contributed by atoms with Crippen LogP contribution in [0, 0.1) is 18.6 Å². The van der Waals surface area contributed by atoms with Crippen LogP contribution in [0.25, 0.3) is 11.0 Å². The van der Waals surface area contributed by atoms with E-state index >= 15 is 0 Å². The van der Waals surface area contributed by atoms with Gasteiger partial charge in [-0.1, -0.05) is 13.8 Å². The lowest BCUT2D eigenvalue weighted by molar-refractivity contribution is 0.575. The molecule has 0 unspecified atom stereocenters. The van der Waals surface area contributed by atoms with Gasteiger partial charge in [0, 0.05) is 17.5 Å². The maximum atomic E-state index is 13.6. The first-order valence-electron chi connectivity index (χ1n) is 6.01. The number of H-pyrrole nitrogens is 1. The van der Waals surface area contributed by atoms with Crippen LogP contribution < -0.4 is 0 Å². The summed E-state index contributed by atoms with van der Waals surface area (Å²) in [6, 6.07) is 1.31. The molecule has 1 saturated carbocycles. The molecule has 4 heteroatoms. The van der Waals surface area contributed by atoms with E-state index in [9.17, 15) is 8.78 Å². The fourth-order valence-corrected chi connectivity index (χ4v) is 1.75. The van der Waals surface area contributed by atoms with Gasteiger partial charge in [0.2, 0.25) is 0 Å². The van der Waals surface area contributed by atoms with E-state index in [1.807, 2.05) is 13.8 Å². The molecule has 0 atom stereocenters. The number of fused-ring (bicyclic) bond motifs is 1. The molecule has 92 valence electrons. The molecule has 3 rings (SSSR count). The summed E-state index contributed by atoms with van der Waals surface area (Å²) in [4.78, 5) is 7.15. The summed E-state index contributed by atoms with van der Waals surface area (Å²) in [5.74, 6) is 0.133. The molecule has 0 radical (unpaired) electrons. The highest BCUT2D eigenvalue weighted by molar-refractivity contribution is 5.77. The number of aromatic amines is 1. The van der Waals surface area contributed by atoms with E-state index in [0.29, 0.717) is 11.4 Å². The largest absolute Gasteiger partial charge is 0.342 e. The number of benzene rings is 1. The van der Waals surface area contributed by atoms with Crippen molar-refractivity contribution >= 4 is 11.0 Å². The van der Waals surface area contributed by atoms with E-state index in [1.165, 1.54) is 13.0 Å². The Morgan fingerprint density at radius 1 is 1.29 bits per heavy atom. The smallest absolute Gasteiger partial charge is 0.156 e. The van der Waals surface area contributed by atoms with Crippen LogP contribution in [0.2, 0.25) is 0 Å². The third-order valence-corrected chi connectivity index (χ3v) is 2.88. The highest BCUT2D eigenvalue weighted by atomic mass is 19.1. The fraction of sp³-hybridized carbons (Fsp3) is 0.462. The summed E-state index contributed by atoms with van der Waals surface area (Å²) in [6.07, 6.45) is 2.17. The van der Waals surface area contributed by atoms with Gasteiger partial charge in [-0.2, -0.15) is 0 Å². The molecule has 1 aliphatic carbocycles. The van der Waals surface area contributed by atoms with Crippen molar-refractivity contribution in [3.05, 3.63) is 29.1 Å². The van der Waals surface area contributed by atoms with E-state index < -0.39 is 11.6 Å². The van der Waals surface area contributed by atoms with Gasteiger partial charge in [-0.3, -0.25) is 0 Å². The lowest BCUT2D eigenvalue weighted by Crippen LogP contribution is -1.89. The van der Waals surface area contributed by atoms with Gasteiger partial charge in [0.15, 0.2) is 5.82 Å². The van der Waals surface area contributed by atoms with Crippen molar-refractivity contribution in [1.29, 1.82) is 0 Å². The number of hydrogen-bond donors (Lipinski definition) is 1. The van der Waals surface area contributed by atoms with Gasteiger partial charge in [0.05, 0.1) is 5.52 Å². The van der Waals surface area contributed by atoms with Crippen molar-refractivity contribution in [3.63, 3.8) is 0 Å². The first-order valence-corrected chi connectivity index (χ1v) is 6.01. The van der Waals surface area contributed by atoms with Crippen LogP contribution in [0.15, 0.2) is 6.07 Å². The number of nitrogens with zero attached hydrogens (tertiary/aromatic N) is 1. The molecule has 1 aromatic heterocycles. The maximum absolute atomic E-state index is 13.6. The zero-order valence-corrected chi connectivity index (χ0v) is 10.3. The van der Waals surface area contributed by atoms with Gasteiger partial charge in [-0.05, 0) is 19.8 Å². The van der Waals surface area contributed by atoms with Crippen LogP contribution in [0.5, 0.6) is 0 Å². The molecular weight excluding hydrogens is 222 g/mol. The minimum atomic E-state index is -0.548. The van der Waals surface area contributed by atoms with Gasteiger partial charge < -0.3 is 4.98 Å². The summed E-state index contributed by atoms with van der Waals surface area (Å²) in [7, 11) is 0. The van der Waals surface area contributed by atoms with Gasteiger partial charge in [-0.25, -0.2) is 13.8 Å². The van der Waals surface area contributed by atoms with Gasteiger partial charge >= 0.3 is 0 Å². The Morgan fingerprint density at radius 2 is 1.94 bits per heavy atom. The van der Waals surface area contributed by atoms with Crippen LogP contribution in [0.3, 0.4) is 0 Å². The standard InChI is InChI=1S/C11H10F2N2.C2H6/c1-5-7(12)4-8-10(9(5)13)15-11(14-8)6-2-3-6;1-2/h4,6H,2-3H2,1H3,(H,14,15);1-2H3. The van der Waals surface area contributed by atoms with E-state index in [4.69, 9.17) is 0 Å². The average molecular weight is 238 g/mol. The highest BCUT2D eigenvalue weighted by Crippen LogP contribution is 2.39. The second-order valence-corrected chi connectivity index (χ2v) is 4.09. The molecule has 0 bridgehead atoms. The van der Waals surface area contributed by atoms with Gasteiger partial charge in [-0.15, -0.1) is 0 Å². The number of hydrogen-bond acceptors (Lipinski definition) is 1. The maximum Gasteiger partial charge on any atom is 0.156 e. The predicted molar refractivity (Wildman–Crippen MR) is 64.1 cm³/mol. The molecule has 0 spiro atoms. The summed E-state index contributed by atoms with van der Waals surface area (Å²) in [6.45, 7) is 5.43. The minimum Gasteiger partial charge on any atom is -0.342 e. The Kier molecular flexibility index (Phi) is 3.13. The molecule has 1 aromatic carbocycles. The third-order valence-electron chi connectivity index (χ3n) is 2.88. The van der Waals surface area contributed by atoms with Crippen molar-refractivity contribution in [2.45, 2.75) is 39.5 Å². The van der Waals surface area contributed by atoms with E-state index in [2.05, 4.69) is 9.97 Å². The fourth-order valence-electron chi connectivity index (χ4n) is 1.75. The molecule has 0 saturated heterocycles. The Labute approximate surface area is 99.1 Å². The molecule has 2 aromatic rings. The van der Waals surface area contributed by atoms with Crippen molar-refractivity contribution in [2.24, 2.45) is 0 Å². The highest BCUT2D eigenvalue weighted by Gasteiger charge is 2.27. The lowest BCUT2D eigenvalue weighted by Gasteiger charge is -1.97. The van der Waals surface area contributed by atoms with E-state index in [0.717, 1.165) is 18.7 Å². The molecule has 17 heavy (non-hydrogen) atoms. The molecule has 0 amide bonds. The van der Waals surface area contributed by atoms with Crippen molar-refractivity contribution in [1.82, 2.24) is 9.97 Å². The molecule has 1 heterocycles. The van der Waals surface area contributed by atoms with Crippen molar-refractivity contribution < 1.29 is 8.78 Å². The monoisotopic (exact) mass is 238 g/mol. The number of nitrogens with one attached hydrogen (secondary N) is 1. The minimum absolute atomic E-state index is 0.0383. The number of aromatic nitrogens is 2. The Morgan fingerprint density at radius 3 is 2.53 bits per heavy atom. The summed E-state index contributed by atoms with van der Waals surface area (Å²) in [5.41, 5.74) is 0.754. The van der Waals surface area contributed by atoms with Crippen molar-refractivity contribution in [2.75, 3.05) is 0 Å². The summed E-state index contributed by atoms with van der Waals surface area (Å²) >= 11 is 0. The third kappa shape index (κ3) is 2.04. The molecule has 0 aliphatic heterocycles. The van der Waals surface area contributed by atoms with E-state index in [1.54, 1.807) is 0 Å². The molecular formula is C13H16F2N2.